The predicted octanol–water partition coefficient (Wildman–Crippen LogP) is -0.374. The van der Waals surface area contributed by atoms with Gasteiger partial charge in [-0.25, -0.2) is 13.2 Å². The van der Waals surface area contributed by atoms with Crippen LogP contribution in [0.3, 0.4) is 0 Å². The molecule has 2 heterocycles. The van der Waals surface area contributed by atoms with Gasteiger partial charge in [-0.1, -0.05) is 18.2 Å². The molecule has 0 aliphatic carbocycles. The maximum atomic E-state index is 12.6. The largest absolute Gasteiger partial charge is 0.479 e. The van der Waals surface area contributed by atoms with Gasteiger partial charge >= 0.3 is 5.97 Å². The molecule has 1 unspecified atom stereocenters. The first-order chi connectivity index (χ1) is 11.4. The van der Waals surface area contributed by atoms with Gasteiger partial charge in [-0.05, 0) is 12.1 Å². The Morgan fingerprint density at radius 1 is 1.12 bits per heavy atom. The van der Waals surface area contributed by atoms with Crippen LogP contribution >= 0.6 is 0 Å². The SMILES string of the molecule is O=C(O)C1CN(S(=O)(=O)C2CN(C(=O)c3ccccc3)C2)CCO1. The third kappa shape index (κ3) is 3.14. The highest BCUT2D eigenvalue weighted by Gasteiger charge is 2.44. The van der Waals surface area contributed by atoms with Crippen LogP contribution < -0.4 is 0 Å². The number of hydrogen-bond donors (Lipinski definition) is 1. The molecule has 8 nitrogen and oxygen atoms in total. The van der Waals surface area contributed by atoms with Crippen molar-refractivity contribution in [3.05, 3.63) is 35.9 Å². The van der Waals surface area contributed by atoms with Crippen molar-refractivity contribution in [2.75, 3.05) is 32.8 Å². The standard InChI is InChI=1S/C15H18N2O6S/c18-14(11-4-2-1-3-5-11)16-8-12(9-16)24(21,22)17-6-7-23-13(10-17)15(19)20/h1-5,12-13H,6-10H2,(H,19,20). The molecule has 2 aliphatic heterocycles. The minimum Gasteiger partial charge on any atom is -0.479 e. The van der Waals surface area contributed by atoms with E-state index in [0.29, 0.717) is 5.56 Å². The summed E-state index contributed by atoms with van der Waals surface area (Å²) in [5, 5.41) is 8.28. The van der Waals surface area contributed by atoms with Crippen LogP contribution in [0.15, 0.2) is 30.3 Å². The summed E-state index contributed by atoms with van der Waals surface area (Å²) in [6.45, 7) is 0.224. The Labute approximate surface area is 139 Å². The fraction of sp³-hybridized carbons (Fsp3) is 0.467. The first-order valence-corrected chi connectivity index (χ1v) is 9.07. The van der Waals surface area contributed by atoms with Crippen LogP contribution in [0, 0.1) is 0 Å². The lowest BCUT2D eigenvalue weighted by atomic mass is 10.1. The van der Waals surface area contributed by atoms with Gasteiger partial charge < -0.3 is 14.7 Å². The average molecular weight is 354 g/mol. The van der Waals surface area contributed by atoms with Gasteiger partial charge in [-0.15, -0.1) is 0 Å². The van der Waals surface area contributed by atoms with Crippen LogP contribution in [0.2, 0.25) is 0 Å². The maximum Gasteiger partial charge on any atom is 0.334 e. The van der Waals surface area contributed by atoms with Crippen molar-refractivity contribution < 1.29 is 27.9 Å². The van der Waals surface area contributed by atoms with Crippen LogP contribution in [-0.2, 0) is 19.6 Å². The molecule has 1 N–H and O–H groups in total. The topological polar surface area (TPSA) is 104 Å². The molecule has 0 radical (unpaired) electrons. The minimum atomic E-state index is -3.64. The Bertz CT molecular complexity index is 730. The van der Waals surface area contributed by atoms with Crippen molar-refractivity contribution in [3.63, 3.8) is 0 Å². The van der Waals surface area contributed by atoms with Crippen molar-refractivity contribution in [2.45, 2.75) is 11.4 Å². The van der Waals surface area contributed by atoms with E-state index in [9.17, 15) is 18.0 Å². The van der Waals surface area contributed by atoms with Crippen LogP contribution in [0.25, 0.3) is 0 Å². The number of carboxylic acids is 1. The second-order valence-corrected chi connectivity index (χ2v) is 8.01. The Balaban J connectivity index is 1.62. The molecule has 24 heavy (non-hydrogen) atoms. The van der Waals surface area contributed by atoms with Gasteiger partial charge in [0.15, 0.2) is 6.10 Å². The van der Waals surface area contributed by atoms with E-state index in [1.54, 1.807) is 30.3 Å². The number of sulfonamides is 1. The number of benzene rings is 1. The smallest absolute Gasteiger partial charge is 0.334 e. The van der Waals surface area contributed by atoms with Crippen LogP contribution in [0.4, 0.5) is 0 Å². The van der Waals surface area contributed by atoms with Crippen molar-refractivity contribution in [3.8, 4) is 0 Å². The maximum absolute atomic E-state index is 12.6. The van der Waals surface area contributed by atoms with Gasteiger partial charge in [0.2, 0.25) is 10.0 Å². The summed E-state index contributed by atoms with van der Waals surface area (Å²) in [4.78, 5) is 24.7. The van der Waals surface area contributed by atoms with E-state index >= 15 is 0 Å². The highest BCUT2D eigenvalue weighted by molar-refractivity contribution is 7.89. The molecule has 130 valence electrons. The zero-order valence-electron chi connectivity index (χ0n) is 12.9. The highest BCUT2D eigenvalue weighted by atomic mass is 32.2. The first kappa shape index (κ1) is 16.9. The molecular formula is C15H18N2O6S. The van der Waals surface area contributed by atoms with E-state index in [0.717, 1.165) is 4.31 Å². The lowest BCUT2D eigenvalue weighted by molar-refractivity contribution is -0.153. The fourth-order valence-corrected chi connectivity index (χ4v) is 4.60. The van der Waals surface area contributed by atoms with E-state index in [1.807, 2.05) is 0 Å². The second-order valence-electron chi connectivity index (χ2n) is 5.80. The lowest BCUT2D eigenvalue weighted by Gasteiger charge is -2.42. The number of ether oxygens (including phenoxy) is 1. The monoisotopic (exact) mass is 354 g/mol. The van der Waals surface area contributed by atoms with Gasteiger partial charge in [0, 0.05) is 25.2 Å². The number of amides is 1. The van der Waals surface area contributed by atoms with Crippen LogP contribution in [-0.4, -0.2) is 78.7 Å². The van der Waals surface area contributed by atoms with E-state index in [-0.39, 0.29) is 38.7 Å². The molecule has 0 aromatic heterocycles. The van der Waals surface area contributed by atoms with E-state index in [1.165, 1.54) is 4.90 Å². The number of carbonyl (C=O) groups is 2. The Morgan fingerprint density at radius 2 is 1.79 bits per heavy atom. The fourth-order valence-electron chi connectivity index (χ4n) is 2.77. The van der Waals surface area contributed by atoms with E-state index in [2.05, 4.69) is 0 Å². The normalized spacial score (nSPS) is 22.8. The second kappa shape index (κ2) is 6.50. The summed E-state index contributed by atoms with van der Waals surface area (Å²) < 4.78 is 31.4. The zero-order valence-corrected chi connectivity index (χ0v) is 13.7. The summed E-state index contributed by atoms with van der Waals surface area (Å²) in [5.41, 5.74) is 0.519. The first-order valence-electron chi connectivity index (χ1n) is 7.57. The molecule has 2 fully saturated rings. The van der Waals surface area contributed by atoms with Crippen LogP contribution in [0.5, 0.6) is 0 Å². The molecule has 0 bridgehead atoms. The van der Waals surface area contributed by atoms with Crippen LogP contribution in [0.1, 0.15) is 10.4 Å². The number of likely N-dealkylation sites (tertiary alicyclic amines) is 1. The zero-order chi connectivity index (χ0) is 17.3. The number of rotatable bonds is 4. The molecule has 0 saturated carbocycles. The third-order valence-corrected chi connectivity index (χ3v) is 6.43. The molecule has 2 aliphatic rings. The number of carboxylic acid groups (broad SMARTS) is 1. The number of hydrogen-bond acceptors (Lipinski definition) is 5. The van der Waals surface area contributed by atoms with Crippen molar-refractivity contribution >= 4 is 21.9 Å². The molecule has 3 rings (SSSR count). The Morgan fingerprint density at radius 3 is 2.42 bits per heavy atom. The van der Waals surface area contributed by atoms with Crippen molar-refractivity contribution in [2.24, 2.45) is 0 Å². The third-order valence-electron chi connectivity index (χ3n) is 4.24. The number of aliphatic carboxylic acids is 1. The quantitative estimate of drug-likeness (QED) is 0.791. The van der Waals surface area contributed by atoms with E-state index < -0.39 is 27.3 Å². The average Bonchev–Trinajstić information content (AvgIpc) is 2.54. The number of morpholine rings is 1. The molecule has 2 saturated heterocycles. The highest BCUT2D eigenvalue weighted by Crippen LogP contribution is 2.23. The minimum absolute atomic E-state index is 0.0512. The predicted molar refractivity (Wildman–Crippen MR) is 84.0 cm³/mol. The van der Waals surface area contributed by atoms with Gasteiger partial charge in [0.1, 0.15) is 5.25 Å². The molecular weight excluding hydrogens is 336 g/mol. The summed E-state index contributed by atoms with van der Waals surface area (Å²) in [7, 11) is -3.64. The summed E-state index contributed by atoms with van der Waals surface area (Å²) in [6, 6.07) is 8.67. The lowest BCUT2D eigenvalue weighted by Crippen LogP contribution is -2.62. The summed E-state index contributed by atoms with van der Waals surface area (Å²) in [5.74, 6) is -1.38. The van der Waals surface area contributed by atoms with Gasteiger partial charge in [0.05, 0.1) is 13.2 Å². The molecule has 1 amide bonds. The van der Waals surface area contributed by atoms with E-state index in [4.69, 9.17) is 9.84 Å². The van der Waals surface area contributed by atoms with Gasteiger partial charge in [-0.3, -0.25) is 4.79 Å². The number of carbonyl (C=O) groups excluding carboxylic acids is 1. The van der Waals surface area contributed by atoms with Gasteiger partial charge in [-0.2, -0.15) is 4.31 Å². The Kier molecular flexibility index (Phi) is 4.57. The molecule has 1 aromatic rings. The summed E-state index contributed by atoms with van der Waals surface area (Å²) >= 11 is 0. The van der Waals surface area contributed by atoms with Crippen molar-refractivity contribution in [1.29, 1.82) is 0 Å². The molecule has 0 spiro atoms. The molecule has 1 atom stereocenters. The Hall–Kier alpha value is -1.97. The summed E-state index contributed by atoms with van der Waals surface area (Å²) in [6.07, 6.45) is -1.14. The molecule has 1 aromatic carbocycles. The molecule has 9 heteroatoms. The van der Waals surface area contributed by atoms with Crippen molar-refractivity contribution in [1.82, 2.24) is 9.21 Å². The number of nitrogens with zero attached hydrogens (tertiary/aromatic N) is 2. The van der Waals surface area contributed by atoms with Gasteiger partial charge in [0.25, 0.3) is 5.91 Å².